The van der Waals surface area contributed by atoms with Crippen LogP contribution in [0.1, 0.15) is 32.6 Å². The van der Waals surface area contributed by atoms with Gasteiger partial charge in [0.05, 0.1) is 6.61 Å². The summed E-state index contributed by atoms with van der Waals surface area (Å²) in [5, 5.41) is 3.64. The Bertz CT molecular complexity index is 179. The highest BCUT2D eigenvalue weighted by molar-refractivity contribution is 5.66. The molecule has 4 heteroatoms. The van der Waals surface area contributed by atoms with E-state index in [-0.39, 0.29) is 6.09 Å². The lowest BCUT2D eigenvalue weighted by atomic mass is 10.4. The first kappa shape index (κ1) is 11.3. The molecular formula is C10H20N2O2. The summed E-state index contributed by atoms with van der Waals surface area (Å²) in [6.07, 6.45) is 4.12. The Hall–Kier alpha value is -0.770. The number of carbonyl (C=O) groups is 1. The van der Waals surface area contributed by atoms with Crippen molar-refractivity contribution in [3.8, 4) is 0 Å². The molecule has 0 saturated carbocycles. The maximum atomic E-state index is 11.5. The largest absolute Gasteiger partial charge is 0.448 e. The van der Waals surface area contributed by atoms with Crippen molar-refractivity contribution in [1.29, 1.82) is 0 Å². The zero-order valence-electron chi connectivity index (χ0n) is 9.16. The predicted octanol–water partition coefficient (Wildman–Crippen LogP) is 1.87. The molecule has 1 rings (SSSR count). The van der Waals surface area contributed by atoms with E-state index in [1.807, 2.05) is 5.01 Å². The fourth-order valence-corrected chi connectivity index (χ4v) is 1.51. The second-order valence-corrected chi connectivity index (χ2v) is 3.65. The normalized spacial score (nSPS) is 17.0. The lowest BCUT2D eigenvalue weighted by Crippen LogP contribution is -2.42. The molecule has 0 bridgehead atoms. The summed E-state index contributed by atoms with van der Waals surface area (Å²) in [5.41, 5.74) is 0. The second-order valence-electron chi connectivity index (χ2n) is 3.65. The SMILES string of the molecule is CCCCOC(=O)N(C)N1CCCC1. The zero-order chi connectivity index (χ0) is 10.4. The number of hydrogen-bond acceptors (Lipinski definition) is 3. The van der Waals surface area contributed by atoms with Gasteiger partial charge in [0.25, 0.3) is 0 Å². The number of rotatable bonds is 4. The number of unbranched alkanes of at least 4 members (excludes halogenated alkanes) is 1. The highest BCUT2D eigenvalue weighted by Gasteiger charge is 2.21. The summed E-state index contributed by atoms with van der Waals surface area (Å²) >= 11 is 0. The summed E-state index contributed by atoms with van der Waals surface area (Å²) < 4.78 is 5.10. The summed E-state index contributed by atoms with van der Waals surface area (Å²) in [6, 6.07) is 0. The minimum Gasteiger partial charge on any atom is -0.448 e. The molecule has 82 valence electrons. The van der Waals surface area contributed by atoms with Crippen molar-refractivity contribution in [2.24, 2.45) is 0 Å². The topological polar surface area (TPSA) is 32.8 Å². The highest BCUT2D eigenvalue weighted by Crippen LogP contribution is 2.10. The smallest absolute Gasteiger partial charge is 0.424 e. The van der Waals surface area contributed by atoms with Crippen molar-refractivity contribution in [3.63, 3.8) is 0 Å². The van der Waals surface area contributed by atoms with Crippen molar-refractivity contribution in [1.82, 2.24) is 10.0 Å². The summed E-state index contributed by atoms with van der Waals surface area (Å²) in [7, 11) is 1.78. The molecule has 1 saturated heterocycles. The molecule has 0 aromatic carbocycles. The van der Waals surface area contributed by atoms with Crippen LogP contribution in [-0.4, -0.2) is 42.9 Å². The maximum Gasteiger partial charge on any atom is 0.424 e. The Kier molecular flexibility index (Phi) is 4.73. The third kappa shape index (κ3) is 3.18. The maximum absolute atomic E-state index is 11.5. The van der Waals surface area contributed by atoms with Crippen LogP contribution in [0.25, 0.3) is 0 Å². The van der Waals surface area contributed by atoms with Crippen LogP contribution < -0.4 is 0 Å². The number of hydrazine groups is 1. The monoisotopic (exact) mass is 200 g/mol. The summed E-state index contributed by atoms with van der Waals surface area (Å²) in [4.78, 5) is 11.5. The molecule has 0 aliphatic carbocycles. The Balaban J connectivity index is 2.21. The van der Waals surface area contributed by atoms with Gasteiger partial charge in [-0.15, -0.1) is 0 Å². The Morgan fingerprint density at radius 3 is 2.64 bits per heavy atom. The first-order valence-electron chi connectivity index (χ1n) is 5.41. The Morgan fingerprint density at radius 2 is 2.07 bits per heavy atom. The van der Waals surface area contributed by atoms with Gasteiger partial charge in [0.2, 0.25) is 0 Å². The van der Waals surface area contributed by atoms with Gasteiger partial charge in [0.15, 0.2) is 0 Å². The minimum absolute atomic E-state index is 0.222. The lowest BCUT2D eigenvalue weighted by Gasteiger charge is -2.26. The number of carbonyl (C=O) groups excluding carboxylic acids is 1. The molecule has 4 nitrogen and oxygen atoms in total. The van der Waals surface area contributed by atoms with Crippen LogP contribution in [-0.2, 0) is 4.74 Å². The van der Waals surface area contributed by atoms with Gasteiger partial charge in [0.1, 0.15) is 0 Å². The van der Waals surface area contributed by atoms with Crippen LogP contribution in [0.2, 0.25) is 0 Å². The fourth-order valence-electron chi connectivity index (χ4n) is 1.51. The van der Waals surface area contributed by atoms with E-state index in [0.717, 1.165) is 25.9 Å². The van der Waals surface area contributed by atoms with E-state index in [2.05, 4.69) is 6.92 Å². The number of hydrogen-bond donors (Lipinski definition) is 0. The average molecular weight is 200 g/mol. The van der Waals surface area contributed by atoms with Crippen molar-refractivity contribution < 1.29 is 9.53 Å². The molecular weight excluding hydrogens is 180 g/mol. The van der Waals surface area contributed by atoms with Gasteiger partial charge in [-0.1, -0.05) is 13.3 Å². The van der Waals surface area contributed by atoms with E-state index in [1.165, 1.54) is 12.8 Å². The van der Waals surface area contributed by atoms with E-state index in [1.54, 1.807) is 12.1 Å². The summed E-state index contributed by atoms with van der Waals surface area (Å²) in [5.74, 6) is 0. The van der Waals surface area contributed by atoms with Crippen LogP contribution in [0.15, 0.2) is 0 Å². The average Bonchev–Trinajstić information content (AvgIpc) is 2.69. The van der Waals surface area contributed by atoms with Crippen LogP contribution >= 0.6 is 0 Å². The van der Waals surface area contributed by atoms with Gasteiger partial charge in [-0.05, 0) is 19.3 Å². The molecule has 1 heterocycles. The first-order valence-corrected chi connectivity index (χ1v) is 5.41. The standard InChI is InChI=1S/C10H20N2O2/c1-3-4-9-14-10(13)11(2)12-7-5-6-8-12/h3-9H2,1-2H3. The van der Waals surface area contributed by atoms with Crippen LogP contribution in [0.4, 0.5) is 4.79 Å². The predicted molar refractivity (Wildman–Crippen MR) is 54.8 cm³/mol. The van der Waals surface area contributed by atoms with Crippen LogP contribution in [0.3, 0.4) is 0 Å². The van der Waals surface area contributed by atoms with Gasteiger partial charge in [0, 0.05) is 20.1 Å². The van der Waals surface area contributed by atoms with Gasteiger partial charge < -0.3 is 4.74 Å². The Morgan fingerprint density at radius 1 is 1.43 bits per heavy atom. The quantitative estimate of drug-likeness (QED) is 0.649. The van der Waals surface area contributed by atoms with Crippen molar-refractivity contribution in [2.75, 3.05) is 26.7 Å². The van der Waals surface area contributed by atoms with Gasteiger partial charge in [-0.25, -0.2) is 14.8 Å². The van der Waals surface area contributed by atoms with Crippen LogP contribution in [0, 0.1) is 0 Å². The number of amides is 1. The molecule has 0 N–H and O–H groups in total. The molecule has 1 aliphatic heterocycles. The molecule has 1 amide bonds. The molecule has 0 spiro atoms. The van der Waals surface area contributed by atoms with Crippen LogP contribution in [0.5, 0.6) is 0 Å². The van der Waals surface area contributed by atoms with E-state index >= 15 is 0 Å². The second kappa shape index (κ2) is 5.86. The van der Waals surface area contributed by atoms with Crippen molar-refractivity contribution >= 4 is 6.09 Å². The lowest BCUT2D eigenvalue weighted by molar-refractivity contribution is 0.0113. The third-order valence-corrected chi connectivity index (χ3v) is 2.49. The van der Waals surface area contributed by atoms with E-state index in [4.69, 9.17) is 4.74 Å². The molecule has 0 aromatic rings. The zero-order valence-corrected chi connectivity index (χ0v) is 9.16. The molecule has 0 atom stereocenters. The summed E-state index contributed by atoms with van der Waals surface area (Å²) in [6.45, 7) is 4.56. The molecule has 14 heavy (non-hydrogen) atoms. The molecule has 1 fully saturated rings. The molecule has 0 aromatic heterocycles. The minimum atomic E-state index is -0.222. The number of nitrogens with zero attached hydrogens (tertiary/aromatic N) is 2. The third-order valence-electron chi connectivity index (χ3n) is 2.49. The Labute approximate surface area is 85.8 Å². The van der Waals surface area contributed by atoms with Crippen molar-refractivity contribution in [2.45, 2.75) is 32.6 Å². The fraction of sp³-hybridized carbons (Fsp3) is 0.900. The van der Waals surface area contributed by atoms with Crippen molar-refractivity contribution in [3.05, 3.63) is 0 Å². The van der Waals surface area contributed by atoms with Gasteiger partial charge in [-0.3, -0.25) is 0 Å². The van der Waals surface area contributed by atoms with E-state index < -0.39 is 0 Å². The first-order chi connectivity index (χ1) is 6.75. The molecule has 1 aliphatic rings. The van der Waals surface area contributed by atoms with Gasteiger partial charge >= 0.3 is 6.09 Å². The molecule has 0 unspecified atom stereocenters. The molecule has 0 radical (unpaired) electrons. The van der Waals surface area contributed by atoms with E-state index in [9.17, 15) is 4.79 Å². The van der Waals surface area contributed by atoms with E-state index in [0.29, 0.717) is 6.61 Å². The van der Waals surface area contributed by atoms with Gasteiger partial charge in [-0.2, -0.15) is 0 Å². The highest BCUT2D eigenvalue weighted by atomic mass is 16.6. The number of ether oxygens (including phenoxy) is 1.